The molecule has 0 aliphatic heterocycles. The molecule has 2 N–H and O–H groups in total. The Morgan fingerprint density at radius 2 is 2.14 bits per heavy atom. The summed E-state index contributed by atoms with van der Waals surface area (Å²) in [6.07, 6.45) is 8.66. The third-order valence-corrected chi connectivity index (χ3v) is 3.75. The minimum absolute atomic E-state index is 0.283. The van der Waals surface area contributed by atoms with Crippen LogP contribution in [0.15, 0.2) is 36.8 Å². The monoisotopic (exact) mass is 296 g/mol. The third-order valence-electron chi connectivity index (χ3n) is 3.75. The van der Waals surface area contributed by atoms with Crippen molar-refractivity contribution in [3.8, 4) is 23.0 Å². The number of aromatic nitrogens is 4. The Bertz CT molecular complexity index is 773. The van der Waals surface area contributed by atoms with E-state index in [2.05, 4.69) is 21.9 Å². The van der Waals surface area contributed by atoms with Crippen LogP contribution in [0.5, 0.6) is 5.75 Å². The average molecular weight is 296 g/mol. The zero-order valence-corrected chi connectivity index (χ0v) is 12.9. The highest BCUT2D eigenvalue weighted by molar-refractivity contribution is 5.55. The minimum atomic E-state index is 0.283. The lowest BCUT2D eigenvalue weighted by molar-refractivity contribution is 0.471. The molecule has 0 atom stereocenters. The van der Waals surface area contributed by atoms with Crippen LogP contribution in [-0.4, -0.2) is 24.6 Å². The molecule has 2 aromatic heterocycles. The highest BCUT2D eigenvalue weighted by Gasteiger charge is 2.11. The Kier molecular flexibility index (Phi) is 3.96. The second-order valence-electron chi connectivity index (χ2n) is 5.44. The van der Waals surface area contributed by atoms with E-state index in [1.807, 2.05) is 36.0 Å². The zero-order valence-electron chi connectivity index (χ0n) is 12.9. The largest absolute Gasteiger partial charge is 0.508 e. The topological polar surface area (TPSA) is 66.7 Å². The first kappa shape index (κ1) is 14.4. The molecule has 0 aliphatic carbocycles. The van der Waals surface area contributed by atoms with E-state index in [-0.39, 0.29) is 5.75 Å². The van der Waals surface area contributed by atoms with Gasteiger partial charge in [0.25, 0.3) is 0 Å². The lowest BCUT2D eigenvalue weighted by atomic mass is 10.2. The van der Waals surface area contributed by atoms with Gasteiger partial charge < -0.3 is 10.1 Å². The summed E-state index contributed by atoms with van der Waals surface area (Å²) in [5.41, 5.74) is 2.62. The molecule has 5 heteroatoms. The number of nitrogens with one attached hydrogen (secondary N) is 1. The van der Waals surface area contributed by atoms with Crippen molar-refractivity contribution >= 4 is 0 Å². The van der Waals surface area contributed by atoms with E-state index < -0.39 is 0 Å². The predicted octanol–water partition coefficient (Wildman–Crippen LogP) is 3.62. The first-order valence-corrected chi connectivity index (χ1v) is 7.56. The number of aryl methyl sites for hydroxylation is 2. The van der Waals surface area contributed by atoms with Gasteiger partial charge >= 0.3 is 0 Å². The molecule has 1 aromatic carbocycles. The van der Waals surface area contributed by atoms with Gasteiger partial charge in [0.15, 0.2) is 5.82 Å². The molecule has 0 amide bonds. The van der Waals surface area contributed by atoms with E-state index in [9.17, 15) is 5.11 Å². The highest BCUT2D eigenvalue weighted by atomic mass is 16.3. The van der Waals surface area contributed by atoms with Gasteiger partial charge in [0.05, 0.1) is 11.9 Å². The fraction of sp³-hybridized carbons (Fsp3) is 0.294. The Morgan fingerprint density at radius 3 is 2.91 bits per heavy atom. The highest BCUT2D eigenvalue weighted by Crippen LogP contribution is 2.24. The molecule has 3 rings (SSSR count). The van der Waals surface area contributed by atoms with Crippen LogP contribution in [0.2, 0.25) is 0 Å². The molecule has 0 fully saturated rings. The predicted molar refractivity (Wildman–Crippen MR) is 86.2 cm³/mol. The van der Waals surface area contributed by atoms with Crippen molar-refractivity contribution in [3.05, 3.63) is 48.2 Å². The molecule has 22 heavy (non-hydrogen) atoms. The zero-order chi connectivity index (χ0) is 15.5. The van der Waals surface area contributed by atoms with E-state index in [0.29, 0.717) is 0 Å². The number of benzene rings is 1. The maximum absolute atomic E-state index is 9.91. The third kappa shape index (κ3) is 2.74. The van der Waals surface area contributed by atoms with Crippen molar-refractivity contribution in [2.24, 2.45) is 0 Å². The number of aromatic amines is 1. The van der Waals surface area contributed by atoms with Crippen molar-refractivity contribution < 1.29 is 5.11 Å². The number of rotatable bonds is 5. The molecule has 0 radical (unpaired) electrons. The molecular weight excluding hydrogens is 276 g/mol. The van der Waals surface area contributed by atoms with Crippen molar-refractivity contribution in [3.63, 3.8) is 0 Å². The average Bonchev–Trinajstić information content (AvgIpc) is 3.16. The lowest BCUT2D eigenvalue weighted by Crippen LogP contribution is -1.97. The number of hydrogen-bond donors (Lipinski definition) is 2. The fourth-order valence-corrected chi connectivity index (χ4v) is 2.41. The first-order valence-electron chi connectivity index (χ1n) is 7.56. The van der Waals surface area contributed by atoms with Gasteiger partial charge in [-0.2, -0.15) is 0 Å². The summed E-state index contributed by atoms with van der Waals surface area (Å²) >= 11 is 0. The number of aromatic hydroxyl groups is 1. The summed E-state index contributed by atoms with van der Waals surface area (Å²) in [6.45, 7) is 4.04. The van der Waals surface area contributed by atoms with Crippen molar-refractivity contribution in [1.82, 2.24) is 19.5 Å². The van der Waals surface area contributed by atoms with Crippen LogP contribution in [-0.2, 0) is 6.42 Å². The molecule has 5 nitrogen and oxygen atoms in total. The van der Waals surface area contributed by atoms with Crippen LogP contribution in [0, 0.1) is 6.92 Å². The van der Waals surface area contributed by atoms with Crippen LogP contribution < -0.4 is 0 Å². The SMILES string of the molecule is CCCCc1ncc(-c2nccn2-c2ccc(C)c(O)c2)[nH]1. The van der Waals surface area contributed by atoms with E-state index in [1.165, 1.54) is 0 Å². The molecular formula is C17H20N4O. The van der Waals surface area contributed by atoms with Crippen LogP contribution in [0.1, 0.15) is 31.2 Å². The molecule has 0 saturated carbocycles. The number of phenols is 1. The summed E-state index contributed by atoms with van der Waals surface area (Å²) in [5, 5.41) is 9.91. The molecule has 0 bridgehead atoms. The number of hydrogen-bond acceptors (Lipinski definition) is 3. The molecule has 114 valence electrons. The lowest BCUT2D eigenvalue weighted by Gasteiger charge is -2.08. The van der Waals surface area contributed by atoms with Gasteiger partial charge in [-0.1, -0.05) is 19.4 Å². The summed E-state index contributed by atoms with van der Waals surface area (Å²) < 4.78 is 1.94. The van der Waals surface area contributed by atoms with Gasteiger partial charge in [0, 0.05) is 24.9 Å². The maximum atomic E-state index is 9.91. The number of H-pyrrole nitrogens is 1. The van der Waals surface area contributed by atoms with Gasteiger partial charge in [0.2, 0.25) is 0 Å². The first-order chi connectivity index (χ1) is 10.7. The Labute approximate surface area is 129 Å². The summed E-state index contributed by atoms with van der Waals surface area (Å²) in [6, 6.07) is 5.61. The molecule has 0 aliphatic rings. The molecule has 0 saturated heterocycles. The minimum Gasteiger partial charge on any atom is -0.508 e. The van der Waals surface area contributed by atoms with Crippen LogP contribution in [0.25, 0.3) is 17.2 Å². The molecule has 3 aromatic rings. The van der Waals surface area contributed by atoms with E-state index in [4.69, 9.17) is 0 Å². The van der Waals surface area contributed by atoms with E-state index in [1.54, 1.807) is 12.3 Å². The molecule has 0 unspecified atom stereocenters. The quantitative estimate of drug-likeness (QED) is 0.755. The van der Waals surface area contributed by atoms with Gasteiger partial charge in [-0.05, 0) is 25.0 Å². The molecule has 2 heterocycles. The Hall–Kier alpha value is -2.56. The Morgan fingerprint density at radius 1 is 1.27 bits per heavy atom. The van der Waals surface area contributed by atoms with Crippen LogP contribution in [0.4, 0.5) is 0 Å². The number of phenolic OH excluding ortho intramolecular Hbond substituents is 1. The van der Waals surface area contributed by atoms with Gasteiger partial charge in [0.1, 0.15) is 17.3 Å². The van der Waals surface area contributed by atoms with Crippen molar-refractivity contribution in [2.75, 3.05) is 0 Å². The summed E-state index contributed by atoms with van der Waals surface area (Å²) in [5.74, 6) is 2.06. The summed E-state index contributed by atoms with van der Waals surface area (Å²) in [4.78, 5) is 12.2. The second-order valence-corrected chi connectivity index (χ2v) is 5.44. The Balaban J connectivity index is 1.94. The number of unbranched alkanes of at least 4 members (excludes halogenated alkanes) is 1. The van der Waals surface area contributed by atoms with Crippen molar-refractivity contribution in [2.45, 2.75) is 33.1 Å². The fourth-order valence-electron chi connectivity index (χ4n) is 2.41. The van der Waals surface area contributed by atoms with Crippen LogP contribution in [0.3, 0.4) is 0 Å². The standard InChI is InChI=1S/C17H20N4O/c1-3-4-5-16-19-11-14(20-16)17-18-8-9-21(17)13-7-6-12(2)15(22)10-13/h6-11,22H,3-5H2,1-2H3,(H,19,20). The van der Waals surface area contributed by atoms with E-state index in [0.717, 1.165) is 47.9 Å². The van der Waals surface area contributed by atoms with Crippen LogP contribution >= 0.6 is 0 Å². The van der Waals surface area contributed by atoms with Crippen molar-refractivity contribution in [1.29, 1.82) is 0 Å². The van der Waals surface area contributed by atoms with Gasteiger partial charge in [-0.3, -0.25) is 4.57 Å². The van der Waals surface area contributed by atoms with E-state index >= 15 is 0 Å². The van der Waals surface area contributed by atoms with Gasteiger partial charge in [-0.25, -0.2) is 9.97 Å². The smallest absolute Gasteiger partial charge is 0.162 e. The van der Waals surface area contributed by atoms with Gasteiger partial charge in [-0.15, -0.1) is 0 Å². The maximum Gasteiger partial charge on any atom is 0.162 e. The number of imidazole rings is 2. The normalized spacial score (nSPS) is 11.0. The summed E-state index contributed by atoms with van der Waals surface area (Å²) in [7, 11) is 0. The molecule has 0 spiro atoms. The second kappa shape index (κ2) is 6.05. The number of nitrogens with zero attached hydrogens (tertiary/aromatic N) is 3.